The van der Waals surface area contributed by atoms with E-state index in [1.165, 1.54) is 24.5 Å². The Balaban J connectivity index is 1.75. The third kappa shape index (κ3) is 2.59. The molecule has 4 aromatic rings. The Morgan fingerprint density at radius 3 is 2.64 bits per heavy atom. The van der Waals surface area contributed by atoms with E-state index in [0.29, 0.717) is 16.7 Å². The van der Waals surface area contributed by atoms with Gasteiger partial charge in [-0.2, -0.15) is 0 Å². The number of nitro benzene ring substituents is 1. The molecule has 0 fully saturated rings. The lowest BCUT2D eigenvalue weighted by atomic mass is 10.1. The van der Waals surface area contributed by atoms with E-state index >= 15 is 0 Å². The van der Waals surface area contributed by atoms with Crippen LogP contribution < -0.4 is 5.32 Å². The summed E-state index contributed by atoms with van der Waals surface area (Å²) in [5.41, 5.74) is 1.26. The molecule has 0 aliphatic heterocycles. The van der Waals surface area contributed by atoms with E-state index in [2.05, 4.69) is 5.32 Å². The summed E-state index contributed by atoms with van der Waals surface area (Å²) in [6.45, 7) is 0. The second kappa shape index (κ2) is 5.76. The van der Waals surface area contributed by atoms with Gasteiger partial charge in [-0.15, -0.1) is 0 Å². The summed E-state index contributed by atoms with van der Waals surface area (Å²) in [5.74, 6) is -0.379. The van der Waals surface area contributed by atoms with Crippen molar-refractivity contribution in [3.63, 3.8) is 0 Å². The van der Waals surface area contributed by atoms with Gasteiger partial charge in [-0.3, -0.25) is 14.9 Å². The molecule has 6 nitrogen and oxygen atoms in total. The topological polar surface area (TPSA) is 85.4 Å². The summed E-state index contributed by atoms with van der Waals surface area (Å²) in [6.07, 6.45) is 1.31. The first-order valence-corrected chi connectivity index (χ1v) is 7.58. The van der Waals surface area contributed by atoms with Gasteiger partial charge in [0.2, 0.25) is 0 Å². The fourth-order valence-electron chi connectivity index (χ4n) is 2.83. The van der Waals surface area contributed by atoms with Crippen LogP contribution in [0.3, 0.4) is 0 Å². The summed E-state index contributed by atoms with van der Waals surface area (Å²) < 4.78 is 5.35. The van der Waals surface area contributed by atoms with Crippen molar-refractivity contribution in [3.8, 4) is 0 Å². The van der Waals surface area contributed by atoms with Crippen LogP contribution in [0.15, 0.2) is 71.3 Å². The average Bonchev–Trinajstić information content (AvgIpc) is 3.05. The number of nitrogens with zero attached hydrogens (tertiary/aromatic N) is 1. The number of nitro groups is 1. The van der Waals surface area contributed by atoms with Gasteiger partial charge in [-0.25, -0.2) is 0 Å². The van der Waals surface area contributed by atoms with Gasteiger partial charge in [0.15, 0.2) is 0 Å². The molecule has 0 radical (unpaired) electrons. The Bertz CT molecular complexity index is 1130. The van der Waals surface area contributed by atoms with Gasteiger partial charge in [-0.1, -0.05) is 36.4 Å². The molecular formula is C19H12N2O4. The van der Waals surface area contributed by atoms with Gasteiger partial charge >= 0.3 is 0 Å². The summed E-state index contributed by atoms with van der Waals surface area (Å²) in [6, 6.07) is 17.5. The first-order valence-electron chi connectivity index (χ1n) is 7.58. The minimum absolute atomic E-state index is 0.0897. The van der Waals surface area contributed by atoms with Crippen molar-refractivity contribution in [2.75, 3.05) is 5.32 Å². The molecule has 1 aromatic heterocycles. The minimum atomic E-state index is -0.501. The second-order valence-corrected chi connectivity index (χ2v) is 5.57. The molecule has 4 rings (SSSR count). The van der Waals surface area contributed by atoms with Crippen molar-refractivity contribution in [3.05, 3.63) is 82.6 Å². The van der Waals surface area contributed by atoms with Crippen LogP contribution in [0.2, 0.25) is 0 Å². The lowest BCUT2D eigenvalue weighted by molar-refractivity contribution is -0.384. The predicted octanol–water partition coefficient (Wildman–Crippen LogP) is 4.75. The van der Waals surface area contributed by atoms with Crippen LogP contribution >= 0.6 is 0 Å². The van der Waals surface area contributed by atoms with E-state index in [1.807, 2.05) is 42.5 Å². The molecule has 0 aliphatic carbocycles. The van der Waals surface area contributed by atoms with Gasteiger partial charge < -0.3 is 9.73 Å². The zero-order valence-corrected chi connectivity index (χ0v) is 12.9. The molecule has 1 heterocycles. The van der Waals surface area contributed by atoms with E-state index in [4.69, 9.17) is 4.42 Å². The fraction of sp³-hybridized carbons (Fsp3) is 0. The lowest BCUT2D eigenvalue weighted by Gasteiger charge is -2.08. The van der Waals surface area contributed by atoms with E-state index in [9.17, 15) is 14.9 Å². The number of anilines is 1. The van der Waals surface area contributed by atoms with Gasteiger partial charge in [0.1, 0.15) is 11.8 Å². The van der Waals surface area contributed by atoms with Crippen molar-refractivity contribution in [1.82, 2.24) is 0 Å². The van der Waals surface area contributed by atoms with E-state index < -0.39 is 4.92 Å². The highest BCUT2D eigenvalue weighted by molar-refractivity contribution is 6.15. The van der Waals surface area contributed by atoms with Crippen molar-refractivity contribution < 1.29 is 14.1 Å². The van der Waals surface area contributed by atoms with Gasteiger partial charge in [0.25, 0.3) is 11.6 Å². The van der Waals surface area contributed by atoms with Gasteiger partial charge in [-0.05, 0) is 17.5 Å². The quantitative estimate of drug-likeness (QED) is 0.433. The average molecular weight is 332 g/mol. The summed E-state index contributed by atoms with van der Waals surface area (Å²) in [5, 5.41) is 16.1. The smallest absolute Gasteiger partial charge is 0.270 e. The maximum absolute atomic E-state index is 12.7. The SMILES string of the molecule is O=C(Nc1cccc2ccccc12)c1coc2ccc([N+](=O)[O-])cc12. The number of fused-ring (bicyclic) bond motifs is 2. The number of carbonyl (C=O) groups is 1. The van der Waals surface area contributed by atoms with Crippen LogP contribution in [0.1, 0.15) is 10.4 Å². The molecule has 0 saturated carbocycles. The third-order valence-corrected chi connectivity index (χ3v) is 4.05. The zero-order chi connectivity index (χ0) is 17.4. The Labute approximate surface area is 141 Å². The first-order chi connectivity index (χ1) is 12.1. The molecule has 3 aromatic carbocycles. The number of amides is 1. The molecular weight excluding hydrogens is 320 g/mol. The molecule has 1 N–H and O–H groups in total. The zero-order valence-electron chi connectivity index (χ0n) is 12.9. The van der Waals surface area contributed by atoms with Gasteiger partial charge in [0, 0.05) is 28.6 Å². The Morgan fingerprint density at radius 2 is 1.80 bits per heavy atom. The van der Waals surface area contributed by atoms with Crippen LogP contribution in [-0.2, 0) is 0 Å². The highest BCUT2D eigenvalue weighted by atomic mass is 16.6. The molecule has 6 heteroatoms. The van der Waals surface area contributed by atoms with Crippen LogP contribution in [-0.4, -0.2) is 10.8 Å². The van der Waals surface area contributed by atoms with E-state index in [1.54, 1.807) is 0 Å². The lowest BCUT2D eigenvalue weighted by Crippen LogP contribution is -2.11. The first kappa shape index (κ1) is 14.9. The molecule has 1 amide bonds. The van der Waals surface area contributed by atoms with Crippen molar-refractivity contribution in [2.24, 2.45) is 0 Å². The normalized spacial score (nSPS) is 10.9. The van der Waals surface area contributed by atoms with Crippen molar-refractivity contribution >= 4 is 39.0 Å². The Morgan fingerprint density at radius 1 is 1.00 bits per heavy atom. The maximum atomic E-state index is 12.7. The van der Waals surface area contributed by atoms with Crippen molar-refractivity contribution in [2.45, 2.75) is 0 Å². The molecule has 0 bridgehead atoms. The largest absolute Gasteiger partial charge is 0.463 e. The molecule has 122 valence electrons. The van der Waals surface area contributed by atoms with Crippen molar-refractivity contribution in [1.29, 1.82) is 0 Å². The number of carbonyl (C=O) groups excluding carboxylic acids is 1. The van der Waals surface area contributed by atoms with E-state index in [-0.39, 0.29) is 17.2 Å². The Kier molecular flexibility index (Phi) is 3.43. The second-order valence-electron chi connectivity index (χ2n) is 5.57. The number of nitrogens with one attached hydrogen (secondary N) is 1. The number of hydrogen-bond acceptors (Lipinski definition) is 4. The Hall–Kier alpha value is -3.67. The monoisotopic (exact) mass is 332 g/mol. The maximum Gasteiger partial charge on any atom is 0.270 e. The molecule has 0 spiro atoms. The fourth-order valence-corrected chi connectivity index (χ4v) is 2.83. The minimum Gasteiger partial charge on any atom is -0.463 e. The van der Waals surface area contributed by atoms with Crippen LogP contribution in [0.4, 0.5) is 11.4 Å². The molecule has 0 atom stereocenters. The van der Waals surface area contributed by atoms with Crippen LogP contribution in [0, 0.1) is 10.1 Å². The van der Waals surface area contributed by atoms with Gasteiger partial charge in [0.05, 0.1) is 10.5 Å². The number of rotatable bonds is 3. The van der Waals surface area contributed by atoms with Crippen LogP contribution in [0.25, 0.3) is 21.7 Å². The molecule has 25 heavy (non-hydrogen) atoms. The number of furan rings is 1. The number of benzene rings is 3. The standard InChI is InChI=1S/C19H12N2O4/c22-19(20-17-7-3-5-12-4-1-2-6-14(12)17)16-11-25-18-9-8-13(21(23)24)10-15(16)18/h1-11H,(H,20,22). The predicted molar refractivity (Wildman–Crippen MR) is 94.8 cm³/mol. The summed E-state index contributed by atoms with van der Waals surface area (Å²) in [7, 11) is 0. The van der Waals surface area contributed by atoms with Crippen LogP contribution in [0.5, 0.6) is 0 Å². The molecule has 0 aliphatic rings. The summed E-state index contributed by atoms with van der Waals surface area (Å²) >= 11 is 0. The highest BCUT2D eigenvalue weighted by Gasteiger charge is 2.17. The number of hydrogen-bond donors (Lipinski definition) is 1. The summed E-state index contributed by atoms with van der Waals surface area (Å²) in [4.78, 5) is 23.1. The third-order valence-electron chi connectivity index (χ3n) is 4.05. The molecule has 0 unspecified atom stereocenters. The van der Waals surface area contributed by atoms with E-state index in [0.717, 1.165) is 10.8 Å². The molecule has 0 saturated heterocycles. The highest BCUT2D eigenvalue weighted by Crippen LogP contribution is 2.28. The number of non-ortho nitro benzene ring substituents is 1.